The first-order chi connectivity index (χ1) is 10.1. The molecule has 0 atom stereocenters. The van der Waals surface area contributed by atoms with Gasteiger partial charge in [-0.15, -0.1) is 0 Å². The number of hydrogen-bond acceptors (Lipinski definition) is 5. The molecule has 1 aromatic heterocycles. The highest BCUT2D eigenvalue weighted by Gasteiger charge is 2.22. The molecule has 0 aliphatic rings. The lowest BCUT2D eigenvalue weighted by atomic mass is 9.96. The number of nitrogen functional groups attached to an aromatic ring is 1. The summed E-state index contributed by atoms with van der Waals surface area (Å²) in [6.07, 6.45) is 0. The van der Waals surface area contributed by atoms with Crippen LogP contribution in [0.4, 0.5) is 5.82 Å². The minimum Gasteiger partial charge on any atom is -0.477 e. The van der Waals surface area contributed by atoms with Crippen LogP contribution in [0.2, 0.25) is 5.02 Å². The van der Waals surface area contributed by atoms with Crippen LogP contribution in [0.5, 0.6) is 5.88 Å². The largest absolute Gasteiger partial charge is 0.477 e. The number of hydrogen-bond donors (Lipinski definition) is 1. The Balaban J connectivity index is 2.89. The fourth-order valence-corrected chi connectivity index (χ4v) is 2.20. The number of rotatable bonds is 3. The predicted octanol–water partition coefficient (Wildman–Crippen LogP) is 3.13. The van der Waals surface area contributed by atoms with E-state index in [0.29, 0.717) is 22.8 Å². The molecule has 104 valence electrons. The smallest absolute Gasteiger partial charge is 0.234 e. The van der Waals surface area contributed by atoms with Gasteiger partial charge in [0.15, 0.2) is 0 Å². The Bertz CT molecular complexity index is 774. The van der Waals surface area contributed by atoms with Crippen molar-refractivity contribution in [2.75, 3.05) is 12.3 Å². The van der Waals surface area contributed by atoms with Gasteiger partial charge in [0.05, 0.1) is 6.61 Å². The van der Waals surface area contributed by atoms with Crippen molar-refractivity contribution < 1.29 is 4.74 Å². The summed E-state index contributed by atoms with van der Waals surface area (Å²) in [5, 5.41) is 19.2. The van der Waals surface area contributed by atoms with Crippen molar-refractivity contribution in [1.29, 1.82) is 10.5 Å². The molecule has 0 saturated heterocycles. The SMILES string of the molecule is CCOc1nc(N)c(C#N)c(-c2ccccc2Cl)c1C#N. The van der Waals surface area contributed by atoms with Crippen molar-refractivity contribution in [3.05, 3.63) is 40.4 Å². The Morgan fingerprint density at radius 1 is 1.24 bits per heavy atom. The molecule has 0 fully saturated rings. The molecular weight excluding hydrogens is 288 g/mol. The summed E-state index contributed by atoms with van der Waals surface area (Å²) in [5.74, 6) is 0.112. The van der Waals surface area contributed by atoms with Gasteiger partial charge >= 0.3 is 0 Å². The van der Waals surface area contributed by atoms with Gasteiger partial charge in [0, 0.05) is 16.1 Å². The summed E-state index contributed by atoms with van der Waals surface area (Å²) < 4.78 is 5.34. The highest BCUT2D eigenvalue weighted by atomic mass is 35.5. The molecule has 2 aromatic rings. The van der Waals surface area contributed by atoms with Gasteiger partial charge in [0.1, 0.15) is 29.1 Å². The topological polar surface area (TPSA) is 95.7 Å². The van der Waals surface area contributed by atoms with Gasteiger partial charge in [-0.25, -0.2) is 0 Å². The first-order valence-corrected chi connectivity index (χ1v) is 6.53. The molecule has 0 saturated carbocycles. The van der Waals surface area contributed by atoms with Gasteiger partial charge in [-0.2, -0.15) is 15.5 Å². The van der Waals surface area contributed by atoms with Crippen molar-refractivity contribution in [3.8, 4) is 29.1 Å². The van der Waals surface area contributed by atoms with E-state index in [9.17, 15) is 10.5 Å². The van der Waals surface area contributed by atoms with Crippen molar-refractivity contribution in [1.82, 2.24) is 4.98 Å². The molecule has 1 heterocycles. The Kier molecular flexibility index (Phi) is 4.27. The van der Waals surface area contributed by atoms with E-state index in [0.717, 1.165) is 0 Å². The maximum Gasteiger partial charge on any atom is 0.234 e. The maximum atomic E-state index is 9.43. The average Bonchev–Trinajstić information content (AvgIpc) is 2.47. The molecule has 0 bridgehead atoms. The number of anilines is 1. The van der Waals surface area contributed by atoms with E-state index >= 15 is 0 Å². The predicted molar refractivity (Wildman–Crippen MR) is 79.7 cm³/mol. The zero-order chi connectivity index (χ0) is 15.4. The quantitative estimate of drug-likeness (QED) is 0.939. The monoisotopic (exact) mass is 298 g/mol. The fraction of sp³-hybridized carbons (Fsp3) is 0.133. The van der Waals surface area contributed by atoms with Crippen LogP contribution in [0, 0.1) is 22.7 Å². The number of nitrogens with two attached hydrogens (primary N) is 1. The van der Waals surface area contributed by atoms with Crippen LogP contribution in [0.1, 0.15) is 18.1 Å². The van der Waals surface area contributed by atoms with Crippen LogP contribution >= 0.6 is 11.6 Å². The third kappa shape index (κ3) is 2.60. The molecule has 0 spiro atoms. The molecular formula is C15H11ClN4O. The third-order valence-corrected chi connectivity index (χ3v) is 3.17. The second-order valence-corrected chi connectivity index (χ2v) is 4.47. The number of aromatic nitrogens is 1. The van der Waals surface area contributed by atoms with Crippen LogP contribution in [0.15, 0.2) is 24.3 Å². The Labute approximate surface area is 127 Å². The summed E-state index contributed by atoms with van der Waals surface area (Å²) in [5.41, 5.74) is 6.96. The first-order valence-electron chi connectivity index (χ1n) is 6.15. The molecule has 0 unspecified atom stereocenters. The average molecular weight is 299 g/mol. The molecule has 0 aliphatic carbocycles. The van der Waals surface area contributed by atoms with Crippen molar-refractivity contribution in [3.63, 3.8) is 0 Å². The minimum atomic E-state index is 0.00914. The lowest BCUT2D eigenvalue weighted by Gasteiger charge is -2.13. The highest BCUT2D eigenvalue weighted by Crippen LogP contribution is 2.38. The highest BCUT2D eigenvalue weighted by molar-refractivity contribution is 6.33. The summed E-state index contributed by atoms with van der Waals surface area (Å²) in [6, 6.07) is 10.9. The second-order valence-electron chi connectivity index (χ2n) is 4.06. The van der Waals surface area contributed by atoms with Crippen LogP contribution in [-0.4, -0.2) is 11.6 Å². The Hall–Kier alpha value is -2.76. The number of nitrogens with zero attached hydrogens (tertiary/aromatic N) is 3. The molecule has 21 heavy (non-hydrogen) atoms. The van der Waals surface area contributed by atoms with Crippen LogP contribution in [-0.2, 0) is 0 Å². The number of halogens is 1. The molecule has 5 nitrogen and oxygen atoms in total. The lowest BCUT2D eigenvalue weighted by Crippen LogP contribution is -2.06. The van der Waals surface area contributed by atoms with E-state index in [1.165, 1.54) is 0 Å². The van der Waals surface area contributed by atoms with E-state index in [-0.39, 0.29) is 22.8 Å². The lowest BCUT2D eigenvalue weighted by molar-refractivity contribution is 0.326. The van der Waals surface area contributed by atoms with Crippen molar-refractivity contribution in [2.24, 2.45) is 0 Å². The molecule has 2 rings (SSSR count). The number of nitriles is 2. The van der Waals surface area contributed by atoms with E-state index in [1.807, 2.05) is 12.1 Å². The summed E-state index contributed by atoms with van der Waals surface area (Å²) in [4.78, 5) is 3.99. The molecule has 0 aliphatic heterocycles. The van der Waals surface area contributed by atoms with Crippen molar-refractivity contribution in [2.45, 2.75) is 6.92 Å². The van der Waals surface area contributed by atoms with E-state index in [1.54, 1.807) is 31.2 Å². The Morgan fingerprint density at radius 2 is 1.90 bits per heavy atom. The molecule has 0 radical (unpaired) electrons. The van der Waals surface area contributed by atoms with Crippen LogP contribution in [0.25, 0.3) is 11.1 Å². The zero-order valence-corrected chi connectivity index (χ0v) is 12.0. The van der Waals surface area contributed by atoms with Gasteiger partial charge in [-0.1, -0.05) is 29.8 Å². The van der Waals surface area contributed by atoms with Crippen LogP contribution in [0.3, 0.4) is 0 Å². The Morgan fingerprint density at radius 3 is 2.48 bits per heavy atom. The third-order valence-electron chi connectivity index (χ3n) is 2.84. The molecule has 0 amide bonds. The van der Waals surface area contributed by atoms with Gasteiger partial charge in [0.2, 0.25) is 5.88 Å². The first kappa shape index (κ1) is 14.6. The number of ether oxygens (including phenoxy) is 1. The summed E-state index contributed by atoms with van der Waals surface area (Å²) >= 11 is 6.18. The van der Waals surface area contributed by atoms with Gasteiger partial charge in [0.25, 0.3) is 0 Å². The molecule has 6 heteroatoms. The molecule has 1 aromatic carbocycles. The maximum absolute atomic E-state index is 9.43. The van der Waals surface area contributed by atoms with Gasteiger partial charge < -0.3 is 10.5 Å². The number of pyridine rings is 1. The summed E-state index contributed by atoms with van der Waals surface area (Å²) in [7, 11) is 0. The van der Waals surface area contributed by atoms with Gasteiger partial charge in [-0.3, -0.25) is 0 Å². The van der Waals surface area contributed by atoms with E-state index in [4.69, 9.17) is 22.1 Å². The van der Waals surface area contributed by atoms with Crippen molar-refractivity contribution >= 4 is 17.4 Å². The van der Waals surface area contributed by atoms with Crippen LogP contribution < -0.4 is 10.5 Å². The standard InChI is InChI=1S/C15H11ClN4O/c1-2-21-15-11(8-18)13(10(7-17)14(19)20-15)9-5-3-4-6-12(9)16/h3-6H,2H2,1H3,(H2,19,20). The number of benzene rings is 1. The van der Waals surface area contributed by atoms with Gasteiger partial charge in [-0.05, 0) is 13.0 Å². The normalized spacial score (nSPS) is 9.71. The minimum absolute atomic E-state index is 0.00914. The fourth-order valence-electron chi connectivity index (χ4n) is 1.97. The second kappa shape index (κ2) is 6.13. The summed E-state index contributed by atoms with van der Waals surface area (Å²) in [6.45, 7) is 2.10. The molecule has 2 N–H and O–H groups in total. The van der Waals surface area contributed by atoms with E-state index in [2.05, 4.69) is 4.98 Å². The van der Waals surface area contributed by atoms with E-state index < -0.39 is 0 Å². The zero-order valence-electron chi connectivity index (χ0n) is 11.2.